The first kappa shape index (κ1) is 25.3. The van der Waals surface area contributed by atoms with Crippen LogP contribution in [0.25, 0.3) is 0 Å². The van der Waals surface area contributed by atoms with E-state index in [9.17, 15) is 13.2 Å². The maximum atomic E-state index is 13.1. The van der Waals surface area contributed by atoms with E-state index in [1.165, 1.54) is 24.3 Å². The molecule has 0 aliphatic rings. The Kier molecular flexibility index (Phi) is 8.62. The van der Waals surface area contributed by atoms with Gasteiger partial charge in [0.1, 0.15) is 11.8 Å². The fourth-order valence-electron chi connectivity index (χ4n) is 3.01. The number of ether oxygens (including phenoxy) is 1. The summed E-state index contributed by atoms with van der Waals surface area (Å²) < 4.78 is 33.9. The second-order valence-electron chi connectivity index (χ2n) is 7.00. The standard InChI is InChI=1S/C23H21Cl3N2O4S/c1-2-32-16-8-10-17(11-9-16)33(30,31)28-22(12-15-6-4-3-5-7-15)23(29)27-21-14-19(25)18(24)13-20(21)26/h3-11,13-14,22,28H,2,12H2,1H3,(H,27,29). The molecule has 0 aliphatic heterocycles. The Morgan fingerprint density at radius 2 is 1.58 bits per heavy atom. The average Bonchev–Trinajstić information content (AvgIpc) is 2.78. The summed E-state index contributed by atoms with van der Waals surface area (Å²) in [4.78, 5) is 13.1. The molecule has 0 radical (unpaired) electrons. The quantitative estimate of drug-likeness (QED) is 0.356. The molecule has 0 aromatic heterocycles. The van der Waals surface area contributed by atoms with E-state index in [2.05, 4.69) is 10.0 Å². The van der Waals surface area contributed by atoms with Crippen LogP contribution in [-0.4, -0.2) is 27.0 Å². The van der Waals surface area contributed by atoms with E-state index in [0.717, 1.165) is 5.56 Å². The number of hydrogen-bond acceptors (Lipinski definition) is 4. The molecule has 0 heterocycles. The van der Waals surface area contributed by atoms with Gasteiger partial charge in [-0.3, -0.25) is 4.79 Å². The summed E-state index contributed by atoms with van der Waals surface area (Å²) in [6, 6.07) is 16.7. The third-order valence-electron chi connectivity index (χ3n) is 4.61. The van der Waals surface area contributed by atoms with Crippen molar-refractivity contribution >= 4 is 56.4 Å². The molecule has 2 N–H and O–H groups in total. The zero-order valence-corrected chi connectivity index (χ0v) is 20.6. The summed E-state index contributed by atoms with van der Waals surface area (Å²) in [5.41, 5.74) is 0.988. The molecule has 174 valence electrons. The Morgan fingerprint density at radius 1 is 0.939 bits per heavy atom. The van der Waals surface area contributed by atoms with Crippen molar-refractivity contribution in [2.45, 2.75) is 24.3 Å². The summed E-state index contributed by atoms with van der Waals surface area (Å²) in [7, 11) is -4.02. The van der Waals surface area contributed by atoms with Crippen molar-refractivity contribution in [1.29, 1.82) is 0 Å². The molecule has 0 bridgehead atoms. The highest BCUT2D eigenvalue weighted by molar-refractivity contribution is 7.89. The van der Waals surface area contributed by atoms with Gasteiger partial charge >= 0.3 is 0 Å². The second-order valence-corrected chi connectivity index (χ2v) is 9.94. The van der Waals surface area contributed by atoms with E-state index in [-0.39, 0.29) is 32.1 Å². The van der Waals surface area contributed by atoms with Crippen LogP contribution < -0.4 is 14.8 Å². The number of carbonyl (C=O) groups excluding carboxylic acids is 1. The average molecular weight is 528 g/mol. The fraction of sp³-hybridized carbons (Fsp3) is 0.174. The molecule has 0 saturated heterocycles. The SMILES string of the molecule is CCOc1ccc(S(=O)(=O)NC(Cc2ccccc2)C(=O)Nc2cc(Cl)c(Cl)cc2Cl)cc1. The molecular formula is C23H21Cl3N2O4S. The fourth-order valence-corrected chi connectivity index (χ4v) is 4.80. The number of carbonyl (C=O) groups is 1. The zero-order valence-electron chi connectivity index (χ0n) is 17.5. The van der Waals surface area contributed by atoms with Crippen molar-refractivity contribution in [3.63, 3.8) is 0 Å². The zero-order chi connectivity index (χ0) is 24.0. The van der Waals surface area contributed by atoms with Crippen molar-refractivity contribution in [2.75, 3.05) is 11.9 Å². The summed E-state index contributed by atoms with van der Waals surface area (Å²) >= 11 is 18.2. The summed E-state index contributed by atoms with van der Waals surface area (Å²) in [5.74, 6) is -0.0575. The second kappa shape index (κ2) is 11.2. The maximum Gasteiger partial charge on any atom is 0.242 e. The van der Waals surface area contributed by atoms with Crippen LogP contribution in [0.3, 0.4) is 0 Å². The van der Waals surface area contributed by atoms with Gasteiger partial charge < -0.3 is 10.1 Å². The molecule has 3 aromatic carbocycles. The highest BCUT2D eigenvalue weighted by atomic mass is 35.5. The van der Waals surface area contributed by atoms with E-state index in [1.54, 1.807) is 36.4 Å². The molecule has 0 spiro atoms. The van der Waals surface area contributed by atoms with Crippen LogP contribution in [-0.2, 0) is 21.2 Å². The number of rotatable bonds is 9. The smallest absolute Gasteiger partial charge is 0.242 e. The van der Waals surface area contributed by atoms with E-state index in [0.29, 0.717) is 12.4 Å². The van der Waals surface area contributed by atoms with Crippen LogP contribution in [0.2, 0.25) is 15.1 Å². The first-order chi connectivity index (χ1) is 15.7. The topological polar surface area (TPSA) is 84.5 Å². The molecule has 10 heteroatoms. The van der Waals surface area contributed by atoms with Crippen molar-refractivity contribution in [1.82, 2.24) is 4.72 Å². The van der Waals surface area contributed by atoms with Gasteiger partial charge in [-0.25, -0.2) is 8.42 Å². The third kappa shape index (κ3) is 6.85. The predicted molar refractivity (Wildman–Crippen MR) is 132 cm³/mol. The van der Waals surface area contributed by atoms with Gasteiger partial charge in [-0.1, -0.05) is 65.1 Å². The van der Waals surface area contributed by atoms with Crippen LogP contribution in [0.15, 0.2) is 71.6 Å². The predicted octanol–water partition coefficient (Wildman–Crippen LogP) is 5.57. The maximum absolute atomic E-state index is 13.1. The minimum Gasteiger partial charge on any atom is -0.494 e. The molecule has 33 heavy (non-hydrogen) atoms. The lowest BCUT2D eigenvalue weighted by Gasteiger charge is -2.19. The monoisotopic (exact) mass is 526 g/mol. The first-order valence-corrected chi connectivity index (χ1v) is 12.6. The minimum atomic E-state index is -4.02. The van der Waals surface area contributed by atoms with Crippen LogP contribution >= 0.6 is 34.8 Å². The highest BCUT2D eigenvalue weighted by Gasteiger charge is 2.27. The minimum absolute atomic E-state index is 0.00406. The molecule has 3 aromatic rings. The van der Waals surface area contributed by atoms with E-state index < -0.39 is 22.0 Å². The Balaban J connectivity index is 1.87. The van der Waals surface area contributed by atoms with Gasteiger partial charge in [0.05, 0.1) is 32.3 Å². The first-order valence-electron chi connectivity index (χ1n) is 9.94. The lowest BCUT2D eigenvalue weighted by Crippen LogP contribution is -2.45. The van der Waals surface area contributed by atoms with E-state index in [1.807, 2.05) is 13.0 Å². The largest absolute Gasteiger partial charge is 0.494 e. The molecule has 0 aliphatic carbocycles. The number of sulfonamides is 1. The number of benzene rings is 3. The van der Waals surface area contributed by atoms with E-state index >= 15 is 0 Å². The van der Waals surface area contributed by atoms with Gasteiger partial charge in [-0.15, -0.1) is 0 Å². The number of hydrogen-bond donors (Lipinski definition) is 2. The molecule has 0 saturated carbocycles. The molecule has 1 atom stereocenters. The van der Waals surface area contributed by atoms with Gasteiger partial charge in [-0.05, 0) is 55.3 Å². The number of nitrogens with one attached hydrogen (secondary N) is 2. The number of halogens is 3. The Bertz CT molecular complexity index is 1220. The Labute approximate surface area is 207 Å². The van der Waals surface area contributed by atoms with Gasteiger partial charge in [0.15, 0.2) is 0 Å². The third-order valence-corrected chi connectivity index (χ3v) is 7.13. The molecular weight excluding hydrogens is 507 g/mol. The van der Waals surface area contributed by atoms with Gasteiger partial charge in [0, 0.05) is 0 Å². The number of anilines is 1. The van der Waals surface area contributed by atoms with Crippen LogP contribution in [0.1, 0.15) is 12.5 Å². The Hall–Kier alpha value is -2.29. The van der Waals surface area contributed by atoms with Crippen molar-refractivity contribution in [3.05, 3.63) is 87.4 Å². The highest BCUT2D eigenvalue weighted by Crippen LogP contribution is 2.32. The summed E-state index contributed by atoms with van der Waals surface area (Å²) in [6.07, 6.45) is 0.113. The lowest BCUT2D eigenvalue weighted by molar-refractivity contribution is -0.117. The van der Waals surface area contributed by atoms with Gasteiger partial charge in [0.2, 0.25) is 15.9 Å². The van der Waals surface area contributed by atoms with Crippen molar-refractivity contribution < 1.29 is 17.9 Å². The van der Waals surface area contributed by atoms with E-state index in [4.69, 9.17) is 39.5 Å². The van der Waals surface area contributed by atoms with Gasteiger partial charge in [-0.2, -0.15) is 4.72 Å². The van der Waals surface area contributed by atoms with Crippen LogP contribution in [0.4, 0.5) is 5.69 Å². The Morgan fingerprint density at radius 3 is 2.21 bits per heavy atom. The lowest BCUT2D eigenvalue weighted by atomic mass is 10.1. The molecule has 3 rings (SSSR count). The van der Waals surface area contributed by atoms with Crippen LogP contribution in [0, 0.1) is 0 Å². The normalized spacial score (nSPS) is 12.2. The number of amides is 1. The molecule has 0 fully saturated rings. The molecule has 1 unspecified atom stereocenters. The summed E-state index contributed by atoms with van der Waals surface area (Å²) in [6.45, 7) is 2.29. The van der Waals surface area contributed by atoms with Crippen molar-refractivity contribution in [2.24, 2.45) is 0 Å². The van der Waals surface area contributed by atoms with Crippen molar-refractivity contribution in [3.8, 4) is 5.75 Å². The van der Waals surface area contributed by atoms with Gasteiger partial charge in [0.25, 0.3) is 0 Å². The molecule has 6 nitrogen and oxygen atoms in total. The summed E-state index contributed by atoms with van der Waals surface area (Å²) in [5, 5.41) is 3.24. The van der Waals surface area contributed by atoms with Crippen LogP contribution in [0.5, 0.6) is 5.75 Å². The molecule has 1 amide bonds.